The van der Waals surface area contributed by atoms with Crippen molar-refractivity contribution in [2.75, 3.05) is 20.3 Å². The third-order valence-corrected chi connectivity index (χ3v) is 5.10. The first-order valence-electron chi connectivity index (χ1n) is 11.0. The molecule has 1 heterocycles. The average molecular weight is 454 g/mol. The summed E-state index contributed by atoms with van der Waals surface area (Å²) in [6.45, 7) is 8.10. The largest absolute Gasteiger partial charge is 0.507 e. The second-order valence-electron chi connectivity index (χ2n) is 8.42. The van der Waals surface area contributed by atoms with E-state index in [1.54, 1.807) is 36.4 Å². The van der Waals surface area contributed by atoms with Crippen molar-refractivity contribution in [3.05, 3.63) is 65.2 Å². The Morgan fingerprint density at radius 3 is 2.18 bits per heavy atom. The zero-order valence-corrected chi connectivity index (χ0v) is 19.7. The molecule has 0 aliphatic carbocycles. The molecule has 3 rings (SSSR count). The zero-order chi connectivity index (χ0) is 24.1. The standard InChI is InChI=1S/C26H31NO6/c1-16(2)32-20-10-6-8-18(14-20)23-22(25(29)26(30)27(23)12-13-31-5)24(28)19-9-7-11-21(15-19)33-17(3)4/h6-11,14-17,23,28H,12-13H2,1-5H3/b24-22-. The summed E-state index contributed by atoms with van der Waals surface area (Å²) in [5.74, 6) is -0.483. The van der Waals surface area contributed by atoms with Gasteiger partial charge in [0.15, 0.2) is 0 Å². The van der Waals surface area contributed by atoms with Crippen LogP contribution in [0.15, 0.2) is 54.1 Å². The fraction of sp³-hybridized carbons (Fsp3) is 0.385. The smallest absolute Gasteiger partial charge is 0.295 e. The van der Waals surface area contributed by atoms with E-state index in [1.165, 1.54) is 12.0 Å². The number of aliphatic hydroxyl groups is 1. The molecular formula is C26H31NO6. The highest BCUT2D eigenvalue weighted by Gasteiger charge is 2.46. The summed E-state index contributed by atoms with van der Waals surface area (Å²) in [5.41, 5.74) is 1.09. The molecule has 33 heavy (non-hydrogen) atoms. The summed E-state index contributed by atoms with van der Waals surface area (Å²) in [6, 6.07) is 13.3. The van der Waals surface area contributed by atoms with Crippen LogP contribution < -0.4 is 9.47 Å². The Hall–Kier alpha value is -3.32. The van der Waals surface area contributed by atoms with Crippen LogP contribution in [0.5, 0.6) is 11.5 Å². The lowest BCUT2D eigenvalue weighted by Gasteiger charge is -2.25. The fourth-order valence-corrected chi connectivity index (χ4v) is 3.82. The molecule has 1 atom stereocenters. The number of methoxy groups -OCH3 is 1. The molecular weight excluding hydrogens is 422 g/mol. The van der Waals surface area contributed by atoms with E-state index in [9.17, 15) is 14.7 Å². The molecule has 0 bridgehead atoms. The predicted molar refractivity (Wildman–Crippen MR) is 125 cm³/mol. The monoisotopic (exact) mass is 453 g/mol. The minimum Gasteiger partial charge on any atom is -0.507 e. The van der Waals surface area contributed by atoms with Crippen molar-refractivity contribution in [3.8, 4) is 11.5 Å². The van der Waals surface area contributed by atoms with Crippen LogP contribution in [0.25, 0.3) is 5.76 Å². The quantitative estimate of drug-likeness (QED) is 0.346. The van der Waals surface area contributed by atoms with E-state index >= 15 is 0 Å². The number of nitrogens with zero attached hydrogens (tertiary/aromatic N) is 1. The van der Waals surface area contributed by atoms with E-state index in [1.807, 2.05) is 39.8 Å². The van der Waals surface area contributed by atoms with Gasteiger partial charge in [-0.25, -0.2) is 0 Å². The molecule has 2 aromatic rings. The second-order valence-corrected chi connectivity index (χ2v) is 8.42. The number of rotatable bonds is 9. The normalized spacial score (nSPS) is 17.8. The molecule has 176 valence electrons. The first-order chi connectivity index (χ1) is 15.7. The lowest BCUT2D eigenvalue weighted by atomic mass is 9.95. The number of hydrogen-bond acceptors (Lipinski definition) is 6. The van der Waals surface area contributed by atoms with Gasteiger partial charge in [-0.3, -0.25) is 9.59 Å². The van der Waals surface area contributed by atoms with Gasteiger partial charge in [0.1, 0.15) is 17.3 Å². The van der Waals surface area contributed by atoms with Crippen molar-refractivity contribution >= 4 is 17.4 Å². The number of carbonyl (C=O) groups is 2. The number of benzene rings is 2. The number of likely N-dealkylation sites (tertiary alicyclic amines) is 1. The van der Waals surface area contributed by atoms with Crippen molar-refractivity contribution < 1.29 is 28.9 Å². The Labute approximate surface area is 194 Å². The number of carbonyl (C=O) groups excluding carboxylic acids is 2. The van der Waals surface area contributed by atoms with E-state index in [4.69, 9.17) is 14.2 Å². The first kappa shape index (κ1) is 24.3. The van der Waals surface area contributed by atoms with Crippen LogP contribution in [-0.4, -0.2) is 54.2 Å². The molecule has 7 nitrogen and oxygen atoms in total. The molecule has 1 fully saturated rings. The predicted octanol–water partition coefficient (Wildman–Crippen LogP) is 4.33. The lowest BCUT2D eigenvalue weighted by Crippen LogP contribution is -2.32. The van der Waals surface area contributed by atoms with Crippen molar-refractivity contribution in [3.63, 3.8) is 0 Å². The molecule has 2 aromatic carbocycles. The summed E-state index contributed by atoms with van der Waals surface area (Å²) in [5, 5.41) is 11.2. The van der Waals surface area contributed by atoms with Crippen molar-refractivity contribution in [1.29, 1.82) is 0 Å². The number of Topliss-reactive ketones (excluding diaryl/α,β-unsaturated/α-hetero) is 1. The Kier molecular flexibility index (Phi) is 7.76. The van der Waals surface area contributed by atoms with Crippen LogP contribution in [-0.2, 0) is 14.3 Å². The van der Waals surface area contributed by atoms with Gasteiger partial charge in [0.25, 0.3) is 11.7 Å². The van der Waals surface area contributed by atoms with Gasteiger partial charge in [0.05, 0.1) is 30.4 Å². The third-order valence-electron chi connectivity index (χ3n) is 5.10. The second kappa shape index (κ2) is 10.5. The molecule has 1 amide bonds. The van der Waals surface area contributed by atoms with Gasteiger partial charge in [0, 0.05) is 19.2 Å². The lowest BCUT2D eigenvalue weighted by molar-refractivity contribution is -0.140. The highest BCUT2D eigenvalue weighted by molar-refractivity contribution is 6.46. The third kappa shape index (κ3) is 5.54. The van der Waals surface area contributed by atoms with Crippen LogP contribution in [0.1, 0.15) is 44.9 Å². The molecule has 1 aliphatic rings. The SMILES string of the molecule is COCCN1C(=O)C(=O)/C(=C(\O)c2cccc(OC(C)C)c2)C1c1cccc(OC(C)C)c1. The molecule has 1 aliphatic heterocycles. The Morgan fingerprint density at radius 1 is 0.970 bits per heavy atom. The molecule has 0 radical (unpaired) electrons. The summed E-state index contributed by atoms with van der Waals surface area (Å²) in [6.07, 6.45) is -0.0884. The summed E-state index contributed by atoms with van der Waals surface area (Å²) < 4.78 is 16.7. The van der Waals surface area contributed by atoms with E-state index < -0.39 is 17.7 Å². The average Bonchev–Trinajstić information content (AvgIpc) is 3.01. The van der Waals surface area contributed by atoms with Gasteiger partial charge in [0.2, 0.25) is 0 Å². The van der Waals surface area contributed by atoms with Gasteiger partial charge in [-0.2, -0.15) is 0 Å². The molecule has 7 heteroatoms. The number of ketones is 1. The number of hydrogen-bond donors (Lipinski definition) is 1. The van der Waals surface area contributed by atoms with Crippen LogP contribution in [0, 0.1) is 0 Å². The first-order valence-corrected chi connectivity index (χ1v) is 11.0. The summed E-state index contributed by atoms with van der Waals surface area (Å²) in [4.78, 5) is 27.5. The van der Waals surface area contributed by atoms with Gasteiger partial charge in [-0.05, 0) is 57.5 Å². The van der Waals surface area contributed by atoms with E-state index in [0.29, 0.717) is 22.6 Å². The summed E-state index contributed by atoms with van der Waals surface area (Å²) in [7, 11) is 1.53. The number of aliphatic hydroxyl groups excluding tert-OH is 1. The van der Waals surface area contributed by atoms with Gasteiger partial charge >= 0.3 is 0 Å². The Bertz CT molecular complexity index is 1040. The summed E-state index contributed by atoms with van der Waals surface area (Å²) >= 11 is 0. The van der Waals surface area contributed by atoms with E-state index in [2.05, 4.69) is 0 Å². The minimum atomic E-state index is -0.773. The molecule has 0 spiro atoms. The molecule has 1 unspecified atom stereocenters. The maximum absolute atomic E-state index is 13.1. The molecule has 0 aromatic heterocycles. The fourth-order valence-electron chi connectivity index (χ4n) is 3.82. The highest BCUT2D eigenvalue weighted by atomic mass is 16.5. The zero-order valence-electron chi connectivity index (χ0n) is 19.7. The maximum atomic E-state index is 13.1. The van der Waals surface area contributed by atoms with Crippen LogP contribution >= 0.6 is 0 Å². The molecule has 0 saturated carbocycles. The molecule has 1 saturated heterocycles. The Morgan fingerprint density at radius 2 is 1.58 bits per heavy atom. The van der Waals surface area contributed by atoms with E-state index in [0.717, 1.165) is 0 Å². The van der Waals surface area contributed by atoms with Gasteiger partial charge in [-0.1, -0.05) is 24.3 Å². The van der Waals surface area contributed by atoms with Crippen molar-refractivity contribution in [2.45, 2.75) is 45.9 Å². The van der Waals surface area contributed by atoms with Crippen LogP contribution in [0.2, 0.25) is 0 Å². The van der Waals surface area contributed by atoms with Gasteiger partial charge < -0.3 is 24.2 Å². The topological polar surface area (TPSA) is 85.3 Å². The van der Waals surface area contributed by atoms with Crippen LogP contribution in [0.4, 0.5) is 0 Å². The molecule has 1 N–H and O–H groups in total. The number of amides is 1. The van der Waals surface area contributed by atoms with E-state index in [-0.39, 0.29) is 36.7 Å². The minimum absolute atomic E-state index is 0.0273. The van der Waals surface area contributed by atoms with Crippen LogP contribution in [0.3, 0.4) is 0 Å². The van der Waals surface area contributed by atoms with Gasteiger partial charge in [-0.15, -0.1) is 0 Å². The highest BCUT2D eigenvalue weighted by Crippen LogP contribution is 2.40. The Balaban J connectivity index is 2.13. The van der Waals surface area contributed by atoms with Crippen molar-refractivity contribution in [2.24, 2.45) is 0 Å². The number of ether oxygens (including phenoxy) is 3. The van der Waals surface area contributed by atoms with Crippen molar-refractivity contribution in [1.82, 2.24) is 4.90 Å². The maximum Gasteiger partial charge on any atom is 0.295 e.